The van der Waals surface area contributed by atoms with Gasteiger partial charge in [0.05, 0.1) is 18.6 Å². The van der Waals surface area contributed by atoms with Gasteiger partial charge in [0.1, 0.15) is 11.8 Å². The van der Waals surface area contributed by atoms with Gasteiger partial charge >= 0.3 is 5.97 Å². The number of hydrogen-bond acceptors (Lipinski definition) is 6. The third kappa shape index (κ3) is 5.64. The van der Waals surface area contributed by atoms with Crippen molar-refractivity contribution in [3.8, 4) is 11.3 Å². The van der Waals surface area contributed by atoms with E-state index >= 15 is 0 Å². The molecule has 0 saturated heterocycles. The molecule has 0 aliphatic carbocycles. The van der Waals surface area contributed by atoms with Gasteiger partial charge in [0.2, 0.25) is 0 Å². The Labute approximate surface area is 172 Å². The van der Waals surface area contributed by atoms with Crippen molar-refractivity contribution >= 4 is 29.3 Å². The SMILES string of the molecule is CSCC[C@H](NC(=O)c1ccc(-c2ccc(NCc3cnc[nH]3)cc2)o1)C(=O)O. The second-order valence-electron chi connectivity index (χ2n) is 6.32. The van der Waals surface area contributed by atoms with E-state index in [-0.39, 0.29) is 5.76 Å². The molecule has 0 spiro atoms. The third-order valence-corrected chi connectivity index (χ3v) is 4.90. The lowest BCUT2D eigenvalue weighted by Gasteiger charge is -2.12. The molecule has 0 radical (unpaired) electrons. The summed E-state index contributed by atoms with van der Waals surface area (Å²) in [6, 6.07) is 9.89. The van der Waals surface area contributed by atoms with Crippen molar-refractivity contribution < 1.29 is 19.1 Å². The highest BCUT2D eigenvalue weighted by Crippen LogP contribution is 2.24. The number of hydrogen-bond donors (Lipinski definition) is 4. The third-order valence-electron chi connectivity index (χ3n) is 4.25. The van der Waals surface area contributed by atoms with E-state index in [9.17, 15) is 14.7 Å². The lowest BCUT2D eigenvalue weighted by Crippen LogP contribution is -2.41. The second kappa shape index (κ2) is 9.83. The first-order chi connectivity index (χ1) is 14.1. The number of anilines is 1. The van der Waals surface area contributed by atoms with E-state index in [1.807, 2.05) is 30.5 Å². The number of carbonyl (C=O) groups excluding carboxylic acids is 1. The van der Waals surface area contributed by atoms with Gasteiger partial charge in [-0.15, -0.1) is 0 Å². The Hall–Kier alpha value is -3.20. The number of H-pyrrole nitrogens is 1. The fourth-order valence-corrected chi connectivity index (χ4v) is 3.14. The van der Waals surface area contributed by atoms with Gasteiger partial charge in [-0.25, -0.2) is 9.78 Å². The molecule has 3 aromatic rings. The lowest BCUT2D eigenvalue weighted by molar-refractivity contribution is -0.139. The zero-order valence-corrected chi connectivity index (χ0v) is 16.7. The average Bonchev–Trinajstić information content (AvgIpc) is 3.41. The number of aromatic nitrogens is 2. The number of aromatic amines is 1. The zero-order chi connectivity index (χ0) is 20.6. The van der Waals surface area contributed by atoms with Crippen molar-refractivity contribution in [2.45, 2.75) is 19.0 Å². The van der Waals surface area contributed by atoms with E-state index in [0.717, 1.165) is 16.9 Å². The standard InChI is InChI=1S/C20H22N4O4S/c1-29-9-8-16(20(26)27)24-19(25)18-7-6-17(28-18)13-2-4-14(5-3-13)22-11-15-10-21-12-23-15/h2-7,10,12,16,22H,8-9,11H2,1H3,(H,21,23)(H,24,25)(H,26,27)/t16-/m0/s1. The maximum absolute atomic E-state index is 12.3. The largest absolute Gasteiger partial charge is 0.480 e. The highest BCUT2D eigenvalue weighted by Gasteiger charge is 2.22. The Morgan fingerprint density at radius 2 is 2.03 bits per heavy atom. The maximum Gasteiger partial charge on any atom is 0.326 e. The van der Waals surface area contributed by atoms with Crippen LogP contribution in [0.25, 0.3) is 11.3 Å². The molecular formula is C20H22N4O4S. The van der Waals surface area contributed by atoms with Gasteiger partial charge in [0.15, 0.2) is 5.76 Å². The van der Waals surface area contributed by atoms with E-state index in [1.54, 1.807) is 24.7 Å². The topological polar surface area (TPSA) is 120 Å². The minimum absolute atomic E-state index is 0.0804. The minimum atomic E-state index is -1.06. The van der Waals surface area contributed by atoms with E-state index in [2.05, 4.69) is 20.6 Å². The Bertz CT molecular complexity index is 938. The molecule has 0 unspecified atom stereocenters. The summed E-state index contributed by atoms with van der Waals surface area (Å²) < 4.78 is 5.63. The molecule has 3 rings (SSSR count). The van der Waals surface area contributed by atoms with Crippen LogP contribution in [0.5, 0.6) is 0 Å². The Morgan fingerprint density at radius 1 is 1.24 bits per heavy atom. The summed E-state index contributed by atoms with van der Waals surface area (Å²) in [7, 11) is 0. The van der Waals surface area contributed by atoms with Crippen LogP contribution in [0.15, 0.2) is 53.3 Å². The van der Waals surface area contributed by atoms with Gasteiger partial charge in [-0.2, -0.15) is 11.8 Å². The molecule has 0 saturated carbocycles. The molecule has 1 atom stereocenters. The molecule has 152 valence electrons. The maximum atomic E-state index is 12.3. The number of carboxylic acid groups (broad SMARTS) is 1. The fraction of sp³-hybridized carbons (Fsp3) is 0.250. The van der Waals surface area contributed by atoms with Gasteiger partial charge in [-0.3, -0.25) is 4.79 Å². The highest BCUT2D eigenvalue weighted by molar-refractivity contribution is 7.98. The van der Waals surface area contributed by atoms with E-state index in [4.69, 9.17) is 4.42 Å². The summed E-state index contributed by atoms with van der Waals surface area (Å²) in [5.41, 5.74) is 2.73. The molecule has 2 heterocycles. The first kappa shape index (κ1) is 20.5. The quantitative estimate of drug-likeness (QED) is 0.402. The number of nitrogens with one attached hydrogen (secondary N) is 3. The summed E-state index contributed by atoms with van der Waals surface area (Å²) in [6.07, 6.45) is 5.62. The van der Waals surface area contributed by atoms with Crippen molar-refractivity contribution in [1.82, 2.24) is 15.3 Å². The summed E-state index contributed by atoms with van der Waals surface area (Å²) in [6.45, 7) is 0.631. The Kier molecular flexibility index (Phi) is 6.96. The van der Waals surface area contributed by atoms with Crippen LogP contribution in [0.4, 0.5) is 5.69 Å². The van der Waals surface area contributed by atoms with E-state index in [1.165, 1.54) is 11.8 Å². The molecule has 8 nitrogen and oxygen atoms in total. The van der Waals surface area contributed by atoms with E-state index in [0.29, 0.717) is 24.5 Å². The Balaban J connectivity index is 1.61. The number of aliphatic carboxylic acids is 1. The second-order valence-corrected chi connectivity index (χ2v) is 7.30. The van der Waals surface area contributed by atoms with Crippen molar-refractivity contribution in [3.63, 3.8) is 0 Å². The number of carbonyl (C=O) groups is 2. The molecule has 0 aliphatic rings. The zero-order valence-electron chi connectivity index (χ0n) is 15.8. The van der Waals surface area contributed by atoms with Gasteiger partial charge in [0.25, 0.3) is 5.91 Å². The predicted molar refractivity (Wildman–Crippen MR) is 112 cm³/mol. The minimum Gasteiger partial charge on any atom is -0.480 e. The van der Waals surface area contributed by atoms with Gasteiger partial charge in [-0.1, -0.05) is 0 Å². The van der Waals surface area contributed by atoms with Crippen LogP contribution in [0.3, 0.4) is 0 Å². The molecule has 0 aliphatic heterocycles. The molecule has 1 aromatic carbocycles. The molecule has 1 amide bonds. The number of nitrogens with zero attached hydrogens (tertiary/aromatic N) is 1. The summed E-state index contributed by atoms with van der Waals surface area (Å²) >= 11 is 1.53. The van der Waals surface area contributed by atoms with Crippen molar-refractivity contribution in [3.05, 3.63) is 60.4 Å². The predicted octanol–water partition coefficient (Wildman–Crippen LogP) is 3.22. The van der Waals surface area contributed by atoms with Crippen molar-refractivity contribution in [2.24, 2.45) is 0 Å². The molecule has 4 N–H and O–H groups in total. The monoisotopic (exact) mass is 414 g/mol. The smallest absolute Gasteiger partial charge is 0.326 e. The summed E-state index contributed by atoms with van der Waals surface area (Å²) in [5.74, 6) is -0.343. The number of benzene rings is 1. The molecular weight excluding hydrogens is 392 g/mol. The van der Waals surface area contributed by atoms with Gasteiger partial charge < -0.3 is 25.1 Å². The molecule has 2 aromatic heterocycles. The number of furan rings is 1. The van der Waals surface area contributed by atoms with Crippen LogP contribution >= 0.6 is 11.8 Å². The van der Waals surface area contributed by atoms with Crippen LogP contribution in [0.2, 0.25) is 0 Å². The fourth-order valence-electron chi connectivity index (χ4n) is 2.67. The molecule has 0 bridgehead atoms. The first-order valence-corrected chi connectivity index (χ1v) is 10.4. The lowest BCUT2D eigenvalue weighted by atomic mass is 10.1. The van der Waals surface area contributed by atoms with Gasteiger partial charge in [-0.05, 0) is 54.8 Å². The summed E-state index contributed by atoms with van der Waals surface area (Å²) in [5, 5.41) is 15.0. The molecule has 9 heteroatoms. The Morgan fingerprint density at radius 3 is 2.69 bits per heavy atom. The van der Waals surface area contributed by atoms with Crippen LogP contribution in [0.1, 0.15) is 22.7 Å². The number of amides is 1. The van der Waals surface area contributed by atoms with Crippen LogP contribution in [-0.4, -0.2) is 45.0 Å². The highest BCUT2D eigenvalue weighted by atomic mass is 32.2. The van der Waals surface area contributed by atoms with Crippen LogP contribution in [-0.2, 0) is 11.3 Å². The number of imidazole rings is 1. The molecule has 29 heavy (non-hydrogen) atoms. The van der Waals surface area contributed by atoms with Crippen LogP contribution < -0.4 is 10.6 Å². The number of carboxylic acids is 1. The average molecular weight is 414 g/mol. The first-order valence-electron chi connectivity index (χ1n) is 9.01. The van der Waals surface area contributed by atoms with Crippen molar-refractivity contribution in [2.75, 3.05) is 17.3 Å². The van der Waals surface area contributed by atoms with Crippen LogP contribution in [0, 0.1) is 0 Å². The van der Waals surface area contributed by atoms with E-state index < -0.39 is 17.9 Å². The summed E-state index contributed by atoms with van der Waals surface area (Å²) in [4.78, 5) is 30.6. The number of thioether (sulfide) groups is 1. The van der Waals surface area contributed by atoms with Crippen molar-refractivity contribution in [1.29, 1.82) is 0 Å². The number of rotatable bonds is 10. The normalized spacial score (nSPS) is 11.8. The molecule has 0 fully saturated rings. The van der Waals surface area contributed by atoms with Gasteiger partial charge in [0, 0.05) is 17.4 Å².